The SMILES string of the molecule is COc1cccc2c1N(C)CC1(CCCC1)N2. The maximum absolute atomic E-state index is 5.45. The monoisotopic (exact) mass is 232 g/mol. The van der Waals surface area contributed by atoms with Crippen LogP contribution in [0.3, 0.4) is 0 Å². The molecule has 1 aliphatic carbocycles. The second-order valence-corrected chi connectivity index (χ2v) is 5.32. The van der Waals surface area contributed by atoms with Crippen molar-refractivity contribution in [3.8, 4) is 5.75 Å². The molecule has 0 atom stereocenters. The van der Waals surface area contributed by atoms with E-state index >= 15 is 0 Å². The number of hydrogen-bond acceptors (Lipinski definition) is 3. The summed E-state index contributed by atoms with van der Waals surface area (Å²) in [5.74, 6) is 0.963. The van der Waals surface area contributed by atoms with Gasteiger partial charge in [-0.3, -0.25) is 0 Å². The number of nitrogens with zero attached hydrogens (tertiary/aromatic N) is 1. The van der Waals surface area contributed by atoms with Crippen LogP contribution in [0.1, 0.15) is 25.7 Å². The van der Waals surface area contributed by atoms with E-state index in [1.54, 1.807) is 7.11 Å². The molecule has 0 bridgehead atoms. The van der Waals surface area contributed by atoms with Gasteiger partial charge in [0, 0.05) is 13.6 Å². The number of methoxy groups -OCH3 is 1. The van der Waals surface area contributed by atoms with E-state index < -0.39 is 0 Å². The number of fused-ring (bicyclic) bond motifs is 1. The number of hydrogen-bond donors (Lipinski definition) is 1. The first kappa shape index (κ1) is 10.8. The normalized spacial score (nSPS) is 21.2. The quantitative estimate of drug-likeness (QED) is 0.805. The summed E-state index contributed by atoms with van der Waals surface area (Å²) in [6.45, 7) is 1.08. The minimum atomic E-state index is 0.300. The second kappa shape index (κ2) is 3.83. The predicted octanol–water partition coefficient (Wildman–Crippen LogP) is 2.87. The van der Waals surface area contributed by atoms with Crippen LogP contribution in [0, 0.1) is 0 Å². The number of likely N-dealkylation sites (N-methyl/N-ethyl adjacent to an activating group) is 1. The summed E-state index contributed by atoms with van der Waals surface area (Å²) >= 11 is 0. The Labute approximate surface area is 103 Å². The van der Waals surface area contributed by atoms with Crippen molar-refractivity contribution < 1.29 is 4.74 Å². The van der Waals surface area contributed by atoms with Crippen LogP contribution in [-0.4, -0.2) is 26.2 Å². The van der Waals surface area contributed by atoms with Crippen molar-refractivity contribution in [3.63, 3.8) is 0 Å². The summed E-state index contributed by atoms with van der Waals surface area (Å²) in [5, 5.41) is 3.76. The van der Waals surface area contributed by atoms with Crippen molar-refractivity contribution in [3.05, 3.63) is 18.2 Å². The minimum Gasteiger partial charge on any atom is -0.495 e. The fraction of sp³-hybridized carbons (Fsp3) is 0.571. The maximum atomic E-state index is 5.45. The Morgan fingerprint density at radius 2 is 2.06 bits per heavy atom. The molecule has 1 N–H and O–H groups in total. The molecule has 0 amide bonds. The van der Waals surface area contributed by atoms with Crippen molar-refractivity contribution >= 4 is 11.4 Å². The van der Waals surface area contributed by atoms with Gasteiger partial charge in [-0.15, -0.1) is 0 Å². The van der Waals surface area contributed by atoms with Crippen molar-refractivity contribution in [1.29, 1.82) is 0 Å². The van der Waals surface area contributed by atoms with Crippen LogP contribution in [-0.2, 0) is 0 Å². The van der Waals surface area contributed by atoms with Crippen molar-refractivity contribution in [2.45, 2.75) is 31.2 Å². The zero-order valence-corrected chi connectivity index (χ0v) is 10.6. The lowest BCUT2D eigenvalue weighted by Gasteiger charge is -2.43. The Balaban J connectivity index is 2.01. The third-order valence-corrected chi connectivity index (χ3v) is 4.10. The number of rotatable bonds is 1. The molecule has 0 aromatic heterocycles. The predicted molar refractivity (Wildman–Crippen MR) is 71.1 cm³/mol. The van der Waals surface area contributed by atoms with Crippen molar-refractivity contribution in [2.24, 2.45) is 0 Å². The summed E-state index contributed by atoms with van der Waals surface area (Å²) in [6, 6.07) is 6.25. The first-order valence-electron chi connectivity index (χ1n) is 6.40. The van der Waals surface area contributed by atoms with E-state index in [9.17, 15) is 0 Å². The molecule has 3 heteroatoms. The van der Waals surface area contributed by atoms with Gasteiger partial charge in [0.1, 0.15) is 11.4 Å². The maximum Gasteiger partial charge on any atom is 0.144 e. The molecule has 1 saturated carbocycles. The van der Waals surface area contributed by atoms with Crippen LogP contribution in [0.5, 0.6) is 5.75 Å². The molecule has 3 nitrogen and oxygen atoms in total. The average molecular weight is 232 g/mol. The Morgan fingerprint density at radius 1 is 1.29 bits per heavy atom. The van der Waals surface area contributed by atoms with Crippen LogP contribution in [0.2, 0.25) is 0 Å². The van der Waals surface area contributed by atoms with Gasteiger partial charge in [0.2, 0.25) is 0 Å². The highest BCUT2D eigenvalue weighted by Crippen LogP contribution is 2.45. The van der Waals surface area contributed by atoms with Crippen LogP contribution >= 0.6 is 0 Å². The standard InChI is InChI=1S/C14H20N2O/c1-16-10-14(8-3-4-9-14)15-11-6-5-7-12(17-2)13(11)16/h5-7,15H,3-4,8-10H2,1-2H3. The van der Waals surface area contributed by atoms with Gasteiger partial charge in [-0.05, 0) is 25.0 Å². The molecular weight excluding hydrogens is 212 g/mol. The van der Waals surface area contributed by atoms with E-state index in [1.165, 1.54) is 37.1 Å². The molecule has 0 radical (unpaired) electrons. The lowest BCUT2D eigenvalue weighted by atomic mass is 9.93. The summed E-state index contributed by atoms with van der Waals surface area (Å²) in [5.41, 5.74) is 2.72. The van der Waals surface area contributed by atoms with Gasteiger partial charge >= 0.3 is 0 Å². The van der Waals surface area contributed by atoms with Crippen LogP contribution in [0.4, 0.5) is 11.4 Å². The lowest BCUT2D eigenvalue weighted by Crippen LogP contribution is -2.49. The molecule has 92 valence electrons. The first-order valence-corrected chi connectivity index (χ1v) is 6.40. The van der Waals surface area contributed by atoms with E-state index in [1.807, 2.05) is 6.07 Å². The largest absolute Gasteiger partial charge is 0.495 e. The number of ether oxygens (including phenoxy) is 1. The van der Waals surface area contributed by atoms with Crippen LogP contribution in [0.15, 0.2) is 18.2 Å². The fourth-order valence-electron chi connectivity index (χ4n) is 3.37. The highest BCUT2D eigenvalue weighted by atomic mass is 16.5. The van der Waals surface area contributed by atoms with E-state index in [0.29, 0.717) is 5.54 Å². The molecule has 17 heavy (non-hydrogen) atoms. The molecule has 1 aliphatic heterocycles. The summed E-state index contributed by atoms with van der Waals surface area (Å²) in [6.07, 6.45) is 5.27. The van der Waals surface area contributed by atoms with E-state index in [0.717, 1.165) is 12.3 Å². The van der Waals surface area contributed by atoms with Gasteiger partial charge < -0.3 is 15.0 Å². The second-order valence-electron chi connectivity index (χ2n) is 5.32. The van der Waals surface area contributed by atoms with E-state index in [4.69, 9.17) is 4.74 Å². The van der Waals surface area contributed by atoms with Gasteiger partial charge in [0.15, 0.2) is 0 Å². The van der Waals surface area contributed by atoms with E-state index in [2.05, 4.69) is 29.4 Å². The Bertz CT molecular complexity index is 424. The first-order chi connectivity index (χ1) is 8.24. The number of benzene rings is 1. The molecule has 3 rings (SSSR count). The van der Waals surface area contributed by atoms with Gasteiger partial charge in [-0.1, -0.05) is 18.9 Å². The highest BCUT2D eigenvalue weighted by molar-refractivity contribution is 5.79. The molecule has 0 unspecified atom stereocenters. The molecular formula is C14H20N2O. The van der Waals surface area contributed by atoms with Crippen molar-refractivity contribution in [2.75, 3.05) is 30.9 Å². The lowest BCUT2D eigenvalue weighted by molar-refractivity contribution is 0.409. The molecule has 1 aromatic carbocycles. The van der Waals surface area contributed by atoms with Crippen LogP contribution in [0.25, 0.3) is 0 Å². The zero-order valence-electron chi connectivity index (χ0n) is 10.6. The molecule has 0 saturated heterocycles. The molecule has 1 fully saturated rings. The number of anilines is 2. The summed E-state index contributed by atoms with van der Waals surface area (Å²) in [7, 11) is 3.91. The molecule has 1 aromatic rings. The topological polar surface area (TPSA) is 24.5 Å². The zero-order chi connectivity index (χ0) is 11.9. The Kier molecular flexibility index (Phi) is 2.42. The Morgan fingerprint density at radius 3 is 2.76 bits per heavy atom. The average Bonchev–Trinajstić information content (AvgIpc) is 2.76. The van der Waals surface area contributed by atoms with E-state index in [-0.39, 0.29) is 0 Å². The third-order valence-electron chi connectivity index (χ3n) is 4.10. The molecule has 1 heterocycles. The van der Waals surface area contributed by atoms with Crippen LogP contribution < -0.4 is 15.0 Å². The minimum absolute atomic E-state index is 0.300. The van der Waals surface area contributed by atoms with Gasteiger partial charge in [-0.25, -0.2) is 0 Å². The summed E-state index contributed by atoms with van der Waals surface area (Å²) < 4.78 is 5.45. The number of nitrogens with one attached hydrogen (secondary N) is 1. The van der Waals surface area contributed by atoms with Crippen molar-refractivity contribution in [1.82, 2.24) is 0 Å². The smallest absolute Gasteiger partial charge is 0.144 e. The highest BCUT2D eigenvalue weighted by Gasteiger charge is 2.39. The fourth-order valence-corrected chi connectivity index (χ4v) is 3.37. The summed E-state index contributed by atoms with van der Waals surface area (Å²) in [4.78, 5) is 2.34. The third kappa shape index (κ3) is 1.65. The van der Waals surface area contributed by atoms with Gasteiger partial charge in [0.05, 0.1) is 18.3 Å². The molecule has 1 spiro atoms. The van der Waals surface area contributed by atoms with Gasteiger partial charge in [-0.2, -0.15) is 0 Å². The molecule has 2 aliphatic rings. The Hall–Kier alpha value is -1.38. The van der Waals surface area contributed by atoms with Gasteiger partial charge in [0.25, 0.3) is 0 Å². The number of para-hydroxylation sites is 1.